The van der Waals surface area contributed by atoms with Crippen molar-refractivity contribution in [1.29, 1.82) is 0 Å². The third-order valence-corrected chi connectivity index (χ3v) is 3.99. The summed E-state index contributed by atoms with van der Waals surface area (Å²) in [6, 6.07) is 13.3. The number of hydrogen-bond donors (Lipinski definition) is 2. The Kier molecular flexibility index (Phi) is 5.07. The molecule has 2 aromatic carbocycles. The molecule has 0 radical (unpaired) electrons. The van der Waals surface area contributed by atoms with E-state index in [-0.39, 0.29) is 36.4 Å². The highest BCUT2D eigenvalue weighted by Crippen LogP contribution is 2.22. The molecule has 1 heterocycles. The SMILES string of the molecule is O=C(CCCN1C(=O)c2ccccc2C1=O)N/N=C/c1ccccc1O. The number of amides is 3. The van der Waals surface area contributed by atoms with Crippen LogP contribution >= 0.6 is 0 Å². The fourth-order valence-corrected chi connectivity index (χ4v) is 2.67. The topological polar surface area (TPSA) is 99.1 Å². The highest BCUT2D eigenvalue weighted by atomic mass is 16.3. The molecule has 3 rings (SSSR count). The van der Waals surface area contributed by atoms with Crippen LogP contribution in [0.2, 0.25) is 0 Å². The average molecular weight is 351 g/mol. The molecule has 0 bridgehead atoms. The molecule has 2 aromatic rings. The number of carbonyl (C=O) groups is 3. The average Bonchev–Trinajstić information content (AvgIpc) is 2.88. The Bertz CT molecular complexity index is 857. The molecule has 2 N–H and O–H groups in total. The van der Waals surface area contributed by atoms with E-state index in [1.165, 1.54) is 12.3 Å². The summed E-state index contributed by atoms with van der Waals surface area (Å²) in [5, 5.41) is 13.4. The van der Waals surface area contributed by atoms with Gasteiger partial charge in [-0.1, -0.05) is 24.3 Å². The van der Waals surface area contributed by atoms with E-state index in [0.717, 1.165) is 4.90 Å². The summed E-state index contributed by atoms with van der Waals surface area (Å²) in [4.78, 5) is 37.4. The summed E-state index contributed by atoms with van der Waals surface area (Å²) in [5.41, 5.74) is 3.63. The van der Waals surface area contributed by atoms with E-state index < -0.39 is 0 Å². The number of phenols is 1. The van der Waals surface area contributed by atoms with Crippen LogP contribution in [0.15, 0.2) is 53.6 Å². The normalized spacial score (nSPS) is 13.3. The van der Waals surface area contributed by atoms with Crippen molar-refractivity contribution in [3.63, 3.8) is 0 Å². The number of benzene rings is 2. The molecular formula is C19H17N3O4. The molecule has 0 aliphatic carbocycles. The van der Waals surface area contributed by atoms with Crippen molar-refractivity contribution in [2.75, 3.05) is 6.54 Å². The second-order valence-corrected chi connectivity index (χ2v) is 5.76. The lowest BCUT2D eigenvalue weighted by Crippen LogP contribution is -2.31. The number of aromatic hydroxyl groups is 1. The molecule has 0 fully saturated rings. The van der Waals surface area contributed by atoms with E-state index in [1.807, 2.05) is 0 Å². The molecule has 3 amide bonds. The number of imide groups is 1. The number of rotatable bonds is 6. The first-order chi connectivity index (χ1) is 12.6. The van der Waals surface area contributed by atoms with Crippen LogP contribution in [-0.4, -0.2) is 40.5 Å². The fourth-order valence-electron chi connectivity index (χ4n) is 2.67. The van der Waals surface area contributed by atoms with Gasteiger partial charge in [0.25, 0.3) is 11.8 Å². The summed E-state index contributed by atoms with van der Waals surface area (Å²) in [6.45, 7) is 0.170. The van der Waals surface area contributed by atoms with Gasteiger partial charge in [0.2, 0.25) is 5.91 Å². The van der Waals surface area contributed by atoms with Gasteiger partial charge >= 0.3 is 0 Å². The molecule has 0 aromatic heterocycles. The fraction of sp³-hybridized carbons (Fsp3) is 0.158. The van der Waals surface area contributed by atoms with Gasteiger partial charge in [0.1, 0.15) is 5.75 Å². The molecule has 0 spiro atoms. The summed E-state index contributed by atoms with van der Waals surface area (Å²) in [7, 11) is 0. The van der Waals surface area contributed by atoms with Gasteiger partial charge in [0.15, 0.2) is 0 Å². The highest BCUT2D eigenvalue weighted by Gasteiger charge is 2.34. The smallest absolute Gasteiger partial charge is 0.261 e. The molecule has 7 nitrogen and oxygen atoms in total. The Balaban J connectivity index is 1.47. The van der Waals surface area contributed by atoms with E-state index in [9.17, 15) is 19.5 Å². The van der Waals surface area contributed by atoms with E-state index in [0.29, 0.717) is 23.1 Å². The third kappa shape index (κ3) is 3.61. The van der Waals surface area contributed by atoms with Crippen molar-refractivity contribution in [2.45, 2.75) is 12.8 Å². The van der Waals surface area contributed by atoms with Gasteiger partial charge in [-0.3, -0.25) is 19.3 Å². The van der Waals surface area contributed by atoms with E-state index in [4.69, 9.17) is 0 Å². The largest absolute Gasteiger partial charge is 0.507 e. The van der Waals surface area contributed by atoms with Crippen LogP contribution < -0.4 is 5.43 Å². The second-order valence-electron chi connectivity index (χ2n) is 5.76. The first-order valence-corrected chi connectivity index (χ1v) is 8.13. The summed E-state index contributed by atoms with van der Waals surface area (Å²) >= 11 is 0. The molecule has 0 unspecified atom stereocenters. The van der Waals surface area contributed by atoms with Crippen molar-refractivity contribution in [3.8, 4) is 5.75 Å². The van der Waals surface area contributed by atoms with Crippen molar-refractivity contribution in [1.82, 2.24) is 10.3 Å². The van der Waals surface area contributed by atoms with Crippen LogP contribution in [0.3, 0.4) is 0 Å². The van der Waals surface area contributed by atoms with E-state index in [2.05, 4.69) is 10.5 Å². The maximum absolute atomic E-state index is 12.2. The Hall–Kier alpha value is -3.48. The Morgan fingerprint density at radius 1 is 1.04 bits per heavy atom. The maximum Gasteiger partial charge on any atom is 0.261 e. The van der Waals surface area contributed by atoms with Crippen LogP contribution in [-0.2, 0) is 4.79 Å². The Morgan fingerprint density at radius 2 is 1.65 bits per heavy atom. The third-order valence-electron chi connectivity index (χ3n) is 3.99. The molecule has 7 heteroatoms. The zero-order valence-electron chi connectivity index (χ0n) is 13.9. The van der Waals surface area contributed by atoms with Gasteiger partial charge in [0, 0.05) is 18.5 Å². The molecule has 1 aliphatic heterocycles. The highest BCUT2D eigenvalue weighted by molar-refractivity contribution is 6.21. The van der Waals surface area contributed by atoms with E-state index in [1.54, 1.807) is 42.5 Å². The van der Waals surface area contributed by atoms with Crippen LogP contribution in [0.5, 0.6) is 5.75 Å². The first-order valence-electron chi connectivity index (χ1n) is 8.13. The predicted molar refractivity (Wildman–Crippen MR) is 94.9 cm³/mol. The molecule has 0 atom stereocenters. The molecule has 0 saturated carbocycles. The van der Waals surface area contributed by atoms with Crippen LogP contribution in [0.1, 0.15) is 39.1 Å². The molecule has 0 saturated heterocycles. The van der Waals surface area contributed by atoms with Crippen LogP contribution in [0.25, 0.3) is 0 Å². The summed E-state index contributed by atoms with van der Waals surface area (Å²) < 4.78 is 0. The number of carbonyl (C=O) groups excluding carboxylic acids is 3. The standard InChI is InChI=1S/C19H17N3O4/c23-16-9-4-1-6-13(16)12-20-21-17(24)10-5-11-22-18(25)14-7-2-3-8-15(14)19(22)26/h1-4,6-9,12,23H,5,10-11H2,(H,21,24)/b20-12+. The molecular weight excluding hydrogens is 334 g/mol. The number of nitrogens with zero attached hydrogens (tertiary/aromatic N) is 2. The minimum Gasteiger partial charge on any atom is -0.507 e. The van der Waals surface area contributed by atoms with Gasteiger partial charge in [-0.2, -0.15) is 5.10 Å². The number of hydrazone groups is 1. The molecule has 26 heavy (non-hydrogen) atoms. The minimum atomic E-state index is -0.340. The monoisotopic (exact) mass is 351 g/mol. The Labute approximate surface area is 149 Å². The zero-order valence-corrected chi connectivity index (χ0v) is 13.9. The number of nitrogens with one attached hydrogen (secondary N) is 1. The van der Waals surface area contributed by atoms with Crippen molar-refractivity contribution < 1.29 is 19.5 Å². The minimum absolute atomic E-state index is 0.0659. The first kappa shape index (κ1) is 17.3. The van der Waals surface area contributed by atoms with Crippen LogP contribution in [0.4, 0.5) is 0 Å². The predicted octanol–water partition coefficient (Wildman–Crippen LogP) is 1.92. The number of fused-ring (bicyclic) bond motifs is 1. The van der Waals surface area contributed by atoms with Gasteiger partial charge in [-0.05, 0) is 30.7 Å². The van der Waals surface area contributed by atoms with E-state index >= 15 is 0 Å². The Morgan fingerprint density at radius 3 is 2.31 bits per heavy atom. The lowest BCUT2D eigenvalue weighted by molar-refractivity contribution is -0.121. The number of hydrogen-bond acceptors (Lipinski definition) is 5. The molecule has 1 aliphatic rings. The van der Waals surface area contributed by atoms with Crippen LogP contribution in [0, 0.1) is 0 Å². The zero-order chi connectivity index (χ0) is 18.5. The lowest BCUT2D eigenvalue weighted by Gasteiger charge is -2.12. The summed E-state index contributed by atoms with van der Waals surface area (Å²) in [6.07, 6.45) is 1.80. The van der Waals surface area contributed by atoms with Crippen molar-refractivity contribution in [2.24, 2.45) is 5.10 Å². The van der Waals surface area contributed by atoms with Gasteiger partial charge in [-0.25, -0.2) is 5.43 Å². The summed E-state index contributed by atoms with van der Waals surface area (Å²) in [5.74, 6) is -0.934. The molecule has 132 valence electrons. The van der Waals surface area contributed by atoms with Crippen molar-refractivity contribution in [3.05, 3.63) is 65.2 Å². The quantitative estimate of drug-likeness (QED) is 0.472. The van der Waals surface area contributed by atoms with Gasteiger partial charge < -0.3 is 5.11 Å². The van der Waals surface area contributed by atoms with Gasteiger partial charge in [0.05, 0.1) is 17.3 Å². The number of phenolic OH excluding ortho intramolecular Hbond substituents is 1. The number of para-hydroxylation sites is 1. The van der Waals surface area contributed by atoms with Gasteiger partial charge in [-0.15, -0.1) is 0 Å². The second kappa shape index (κ2) is 7.60. The lowest BCUT2D eigenvalue weighted by atomic mass is 10.1. The van der Waals surface area contributed by atoms with Crippen molar-refractivity contribution >= 4 is 23.9 Å². The maximum atomic E-state index is 12.2.